The van der Waals surface area contributed by atoms with Crippen LogP contribution in [0.3, 0.4) is 0 Å². The number of hydrogen-bond acceptors (Lipinski definition) is 2. The number of nitrogens with one attached hydrogen (secondary N) is 1. The summed E-state index contributed by atoms with van der Waals surface area (Å²) in [5, 5.41) is 3.42. The van der Waals surface area contributed by atoms with Crippen molar-refractivity contribution in [3.05, 3.63) is 34.6 Å². The molecule has 0 atom stereocenters. The molecule has 2 rings (SSSR count). The molecule has 0 unspecified atom stereocenters. The molecule has 0 aliphatic carbocycles. The first kappa shape index (κ1) is 13.3. The molecule has 0 bridgehead atoms. The van der Waals surface area contributed by atoms with Gasteiger partial charge in [0, 0.05) is 24.7 Å². The molecule has 3 nitrogen and oxygen atoms in total. The SMILES string of the molecule is CCCN(C(=O)c1ccc(Cl)cc1F)C1CNC1. The summed E-state index contributed by atoms with van der Waals surface area (Å²) in [6.45, 7) is 4.21. The summed E-state index contributed by atoms with van der Waals surface area (Å²) >= 11 is 5.69. The van der Waals surface area contributed by atoms with Crippen LogP contribution in [0.5, 0.6) is 0 Å². The first-order chi connectivity index (χ1) is 8.63. The molecule has 0 aromatic heterocycles. The molecular formula is C13H16ClFN2O. The topological polar surface area (TPSA) is 32.3 Å². The van der Waals surface area contributed by atoms with Crippen molar-refractivity contribution in [2.45, 2.75) is 19.4 Å². The van der Waals surface area contributed by atoms with E-state index in [4.69, 9.17) is 11.6 Å². The van der Waals surface area contributed by atoms with Gasteiger partial charge in [-0.1, -0.05) is 18.5 Å². The summed E-state index contributed by atoms with van der Waals surface area (Å²) in [4.78, 5) is 14.1. The fourth-order valence-electron chi connectivity index (χ4n) is 2.00. The standard InChI is InChI=1S/C13H16ClFN2O/c1-2-5-17(10-7-16-8-10)13(18)11-4-3-9(14)6-12(11)15/h3-4,6,10,16H,2,5,7-8H2,1H3. The van der Waals surface area contributed by atoms with Crippen LogP contribution >= 0.6 is 11.6 Å². The molecular weight excluding hydrogens is 255 g/mol. The lowest BCUT2D eigenvalue weighted by Crippen LogP contribution is -2.59. The van der Waals surface area contributed by atoms with E-state index >= 15 is 0 Å². The third-order valence-corrected chi connectivity index (χ3v) is 3.32. The van der Waals surface area contributed by atoms with Crippen molar-refractivity contribution in [1.29, 1.82) is 0 Å². The van der Waals surface area contributed by atoms with Gasteiger partial charge in [-0.25, -0.2) is 4.39 Å². The van der Waals surface area contributed by atoms with Gasteiger partial charge < -0.3 is 10.2 Å². The third-order valence-electron chi connectivity index (χ3n) is 3.09. The predicted molar refractivity (Wildman–Crippen MR) is 69.4 cm³/mol. The average Bonchev–Trinajstić information content (AvgIpc) is 2.25. The minimum absolute atomic E-state index is 0.0970. The van der Waals surface area contributed by atoms with Gasteiger partial charge in [0.1, 0.15) is 5.82 Å². The van der Waals surface area contributed by atoms with E-state index in [0.717, 1.165) is 19.5 Å². The molecule has 0 spiro atoms. The van der Waals surface area contributed by atoms with E-state index in [0.29, 0.717) is 11.6 Å². The second-order valence-electron chi connectivity index (χ2n) is 4.43. The zero-order valence-electron chi connectivity index (χ0n) is 10.2. The van der Waals surface area contributed by atoms with Gasteiger partial charge in [-0.2, -0.15) is 0 Å². The minimum Gasteiger partial charge on any atom is -0.333 e. The quantitative estimate of drug-likeness (QED) is 0.911. The Hall–Kier alpha value is -1.13. The molecule has 1 aromatic carbocycles. The number of nitrogens with zero attached hydrogens (tertiary/aromatic N) is 1. The van der Waals surface area contributed by atoms with Crippen molar-refractivity contribution in [2.75, 3.05) is 19.6 Å². The average molecular weight is 271 g/mol. The highest BCUT2D eigenvalue weighted by Crippen LogP contribution is 2.18. The number of amides is 1. The summed E-state index contributed by atoms with van der Waals surface area (Å²) in [6, 6.07) is 4.35. The van der Waals surface area contributed by atoms with Gasteiger partial charge in [0.2, 0.25) is 0 Å². The fraction of sp³-hybridized carbons (Fsp3) is 0.462. The summed E-state index contributed by atoms with van der Waals surface area (Å²) in [5.41, 5.74) is 0.0970. The molecule has 1 aromatic rings. The molecule has 18 heavy (non-hydrogen) atoms. The zero-order chi connectivity index (χ0) is 13.1. The fourth-order valence-corrected chi connectivity index (χ4v) is 2.16. The Morgan fingerprint density at radius 1 is 1.56 bits per heavy atom. The maximum absolute atomic E-state index is 13.7. The van der Waals surface area contributed by atoms with Gasteiger partial charge in [0.25, 0.3) is 5.91 Å². The lowest BCUT2D eigenvalue weighted by molar-refractivity contribution is 0.0611. The predicted octanol–water partition coefficient (Wildman–Crippen LogP) is 2.30. The molecule has 1 aliphatic heterocycles. The van der Waals surface area contributed by atoms with E-state index in [1.807, 2.05) is 6.92 Å². The molecule has 1 saturated heterocycles. The largest absolute Gasteiger partial charge is 0.333 e. The van der Waals surface area contributed by atoms with Crippen LogP contribution in [-0.4, -0.2) is 36.5 Å². The Balaban J connectivity index is 2.21. The number of halogens is 2. The van der Waals surface area contributed by atoms with Crippen LogP contribution < -0.4 is 5.32 Å². The van der Waals surface area contributed by atoms with Crippen molar-refractivity contribution in [3.8, 4) is 0 Å². The summed E-state index contributed by atoms with van der Waals surface area (Å²) in [5.74, 6) is -0.807. The van der Waals surface area contributed by atoms with E-state index < -0.39 is 5.82 Å². The molecule has 98 valence electrons. The van der Waals surface area contributed by atoms with Gasteiger partial charge in [-0.3, -0.25) is 4.79 Å². The second-order valence-corrected chi connectivity index (χ2v) is 4.87. The summed E-state index contributed by atoms with van der Waals surface area (Å²) < 4.78 is 13.7. The molecule has 0 saturated carbocycles. The molecule has 5 heteroatoms. The zero-order valence-corrected chi connectivity index (χ0v) is 11.0. The van der Waals surface area contributed by atoms with Gasteiger partial charge in [-0.15, -0.1) is 0 Å². The maximum atomic E-state index is 13.7. The number of benzene rings is 1. The number of carbonyl (C=O) groups excluding carboxylic acids is 1. The Morgan fingerprint density at radius 2 is 2.28 bits per heavy atom. The second kappa shape index (κ2) is 5.67. The van der Waals surface area contributed by atoms with Crippen molar-refractivity contribution < 1.29 is 9.18 Å². The van der Waals surface area contributed by atoms with Crippen LogP contribution in [-0.2, 0) is 0 Å². The van der Waals surface area contributed by atoms with Crippen LogP contribution in [0, 0.1) is 5.82 Å². The molecule has 0 radical (unpaired) electrons. The highest BCUT2D eigenvalue weighted by Gasteiger charge is 2.29. The van der Waals surface area contributed by atoms with Gasteiger partial charge in [-0.05, 0) is 24.6 Å². The minimum atomic E-state index is -0.555. The van der Waals surface area contributed by atoms with Gasteiger partial charge in [0.15, 0.2) is 0 Å². The van der Waals surface area contributed by atoms with Crippen molar-refractivity contribution in [3.63, 3.8) is 0 Å². The van der Waals surface area contributed by atoms with E-state index in [-0.39, 0.29) is 17.5 Å². The van der Waals surface area contributed by atoms with Crippen molar-refractivity contribution in [1.82, 2.24) is 10.2 Å². The van der Waals surface area contributed by atoms with Crippen LogP contribution in [0.2, 0.25) is 5.02 Å². The Kier molecular flexibility index (Phi) is 4.19. The van der Waals surface area contributed by atoms with Gasteiger partial charge in [0.05, 0.1) is 11.6 Å². The monoisotopic (exact) mass is 270 g/mol. The highest BCUT2D eigenvalue weighted by atomic mass is 35.5. The van der Waals surface area contributed by atoms with Crippen molar-refractivity contribution in [2.24, 2.45) is 0 Å². The Labute approximate surface area is 111 Å². The van der Waals surface area contributed by atoms with E-state index in [1.54, 1.807) is 11.0 Å². The first-order valence-electron chi connectivity index (χ1n) is 6.10. The number of carbonyl (C=O) groups is 1. The van der Waals surface area contributed by atoms with Gasteiger partial charge >= 0.3 is 0 Å². The Morgan fingerprint density at radius 3 is 2.78 bits per heavy atom. The third kappa shape index (κ3) is 2.65. The first-order valence-corrected chi connectivity index (χ1v) is 6.48. The lowest BCUT2D eigenvalue weighted by Gasteiger charge is -2.38. The number of rotatable bonds is 4. The van der Waals surface area contributed by atoms with Crippen molar-refractivity contribution >= 4 is 17.5 Å². The van der Waals surface area contributed by atoms with Crippen LogP contribution in [0.1, 0.15) is 23.7 Å². The van der Waals surface area contributed by atoms with Crippen LogP contribution in [0.4, 0.5) is 4.39 Å². The maximum Gasteiger partial charge on any atom is 0.257 e. The lowest BCUT2D eigenvalue weighted by atomic mass is 10.1. The number of hydrogen-bond donors (Lipinski definition) is 1. The molecule has 1 amide bonds. The Bertz CT molecular complexity index is 449. The van der Waals surface area contributed by atoms with E-state index in [9.17, 15) is 9.18 Å². The molecule has 1 aliphatic rings. The highest BCUT2D eigenvalue weighted by molar-refractivity contribution is 6.30. The van der Waals surface area contributed by atoms with E-state index in [2.05, 4.69) is 5.32 Å². The molecule has 1 heterocycles. The van der Waals surface area contributed by atoms with E-state index in [1.165, 1.54) is 12.1 Å². The smallest absolute Gasteiger partial charge is 0.257 e. The van der Waals surface area contributed by atoms with Crippen LogP contribution in [0.15, 0.2) is 18.2 Å². The normalized spacial score (nSPS) is 15.3. The summed E-state index contributed by atoms with van der Waals surface area (Å²) in [7, 11) is 0. The molecule has 1 fully saturated rings. The van der Waals surface area contributed by atoms with Crippen LogP contribution in [0.25, 0.3) is 0 Å². The molecule has 1 N–H and O–H groups in total. The summed E-state index contributed by atoms with van der Waals surface area (Å²) in [6.07, 6.45) is 0.859.